The van der Waals surface area contributed by atoms with Crippen molar-refractivity contribution in [2.75, 3.05) is 52.9 Å². The molecule has 2 rings (SSSR count). The molecule has 2 heterocycles. The van der Waals surface area contributed by atoms with Crippen LogP contribution in [0, 0.1) is 0 Å². The summed E-state index contributed by atoms with van der Waals surface area (Å²) in [5.41, 5.74) is 0. The fourth-order valence-electron chi connectivity index (χ4n) is 2.68. The standard InChI is InChI=1S/C14H26N4O5S/c1-11(19)3-6-16(2)13(20)14(21)17-9-12(10-17)24(22,23)18-7-4-15-5-8-18/h11-12,15,19H,3-10H2,1-2H3/t11-/m0/s1. The quantitative estimate of drug-likeness (QED) is 0.531. The highest BCUT2D eigenvalue weighted by molar-refractivity contribution is 7.89. The normalized spacial score (nSPS) is 21.2. The third-order valence-corrected chi connectivity index (χ3v) is 6.63. The van der Waals surface area contributed by atoms with Gasteiger partial charge < -0.3 is 20.2 Å². The van der Waals surface area contributed by atoms with Gasteiger partial charge in [0.2, 0.25) is 10.0 Å². The fraction of sp³-hybridized carbons (Fsp3) is 0.857. The van der Waals surface area contributed by atoms with Crippen LogP contribution < -0.4 is 5.32 Å². The summed E-state index contributed by atoms with van der Waals surface area (Å²) in [7, 11) is -1.92. The smallest absolute Gasteiger partial charge is 0.312 e. The molecule has 0 saturated carbocycles. The number of aliphatic hydroxyl groups is 1. The van der Waals surface area contributed by atoms with Crippen LogP contribution in [0.4, 0.5) is 0 Å². The molecule has 0 bridgehead atoms. The Kier molecular flexibility index (Phi) is 6.18. The lowest BCUT2D eigenvalue weighted by Crippen LogP contribution is -2.63. The first kappa shape index (κ1) is 19.1. The summed E-state index contributed by atoms with van der Waals surface area (Å²) in [5, 5.41) is 11.7. The number of nitrogens with one attached hydrogen (secondary N) is 1. The van der Waals surface area contributed by atoms with E-state index in [1.165, 1.54) is 21.2 Å². The zero-order valence-electron chi connectivity index (χ0n) is 14.1. The van der Waals surface area contributed by atoms with Crippen LogP contribution in [-0.2, 0) is 19.6 Å². The Morgan fingerprint density at radius 1 is 1.29 bits per heavy atom. The average molecular weight is 362 g/mol. The molecule has 0 aromatic heterocycles. The van der Waals surface area contributed by atoms with E-state index in [0.29, 0.717) is 32.6 Å². The van der Waals surface area contributed by atoms with Crippen LogP contribution in [0.3, 0.4) is 0 Å². The van der Waals surface area contributed by atoms with E-state index < -0.39 is 33.2 Å². The molecule has 2 saturated heterocycles. The maximum atomic E-state index is 12.5. The number of hydrogen-bond donors (Lipinski definition) is 2. The first-order valence-electron chi connectivity index (χ1n) is 8.15. The van der Waals surface area contributed by atoms with Crippen molar-refractivity contribution in [3.8, 4) is 0 Å². The minimum Gasteiger partial charge on any atom is -0.393 e. The zero-order chi connectivity index (χ0) is 17.9. The van der Waals surface area contributed by atoms with Gasteiger partial charge >= 0.3 is 11.8 Å². The van der Waals surface area contributed by atoms with Crippen LogP contribution in [0.2, 0.25) is 0 Å². The second kappa shape index (κ2) is 7.77. The third-order valence-electron chi connectivity index (χ3n) is 4.40. The fourth-order valence-corrected chi connectivity index (χ4v) is 4.53. The highest BCUT2D eigenvalue weighted by atomic mass is 32.2. The average Bonchev–Trinajstić information content (AvgIpc) is 2.50. The Bertz CT molecular complexity index is 568. The van der Waals surface area contributed by atoms with E-state index in [0.717, 1.165) is 0 Å². The highest BCUT2D eigenvalue weighted by Crippen LogP contribution is 2.21. The van der Waals surface area contributed by atoms with Gasteiger partial charge in [-0.05, 0) is 13.3 Å². The molecule has 0 aromatic carbocycles. The molecule has 0 aliphatic carbocycles. The van der Waals surface area contributed by atoms with Crippen molar-refractivity contribution in [1.29, 1.82) is 0 Å². The maximum absolute atomic E-state index is 12.5. The van der Waals surface area contributed by atoms with Gasteiger partial charge in [0.25, 0.3) is 0 Å². The number of likely N-dealkylation sites (N-methyl/N-ethyl adjacent to an activating group) is 1. The minimum absolute atomic E-state index is 0.0566. The SMILES string of the molecule is C[C@H](O)CCN(C)C(=O)C(=O)N1CC(S(=O)(=O)N2CCNCC2)C1. The molecule has 0 unspecified atom stereocenters. The van der Waals surface area contributed by atoms with Crippen LogP contribution in [0.25, 0.3) is 0 Å². The second-order valence-corrected chi connectivity index (χ2v) is 8.60. The lowest BCUT2D eigenvalue weighted by Gasteiger charge is -2.41. The molecule has 0 aromatic rings. The summed E-state index contributed by atoms with van der Waals surface area (Å²) >= 11 is 0. The number of likely N-dealkylation sites (tertiary alicyclic amines) is 1. The number of hydrogen-bond acceptors (Lipinski definition) is 6. The van der Waals surface area contributed by atoms with Gasteiger partial charge in [0.1, 0.15) is 5.25 Å². The van der Waals surface area contributed by atoms with E-state index in [-0.39, 0.29) is 19.6 Å². The molecule has 2 N–H and O–H groups in total. The van der Waals surface area contributed by atoms with Crippen molar-refractivity contribution in [2.24, 2.45) is 0 Å². The van der Waals surface area contributed by atoms with E-state index in [1.807, 2.05) is 0 Å². The van der Waals surface area contributed by atoms with E-state index in [2.05, 4.69) is 5.32 Å². The summed E-state index contributed by atoms with van der Waals surface area (Å²) in [6, 6.07) is 0. The van der Waals surface area contributed by atoms with Gasteiger partial charge in [-0.15, -0.1) is 0 Å². The number of amides is 2. The van der Waals surface area contributed by atoms with Gasteiger partial charge in [0, 0.05) is 52.9 Å². The monoisotopic (exact) mass is 362 g/mol. The molecule has 2 aliphatic rings. The van der Waals surface area contributed by atoms with Crippen LogP contribution in [0.1, 0.15) is 13.3 Å². The molecular weight excluding hydrogens is 336 g/mol. The Morgan fingerprint density at radius 3 is 2.42 bits per heavy atom. The molecule has 0 radical (unpaired) electrons. The van der Waals surface area contributed by atoms with E-state index >= 15 is 0 Å². The lowest BCUT2D eigenvalue weighted by atomic mass is 10.2. The topological polar surface area (TPSA) is 110 Å². The molecule has 2 fully saturated rings. The Morgan fingerprint density at radius 2 is 1.88 bits per heavy atom. The van der Waals surface area contributed by atoms with Crippen molar-refractivity contribution in [3.63, 3.8) is 0 Å². The second-order valence-electron chi connectivity index (χ2n) is 6.39. The number of carbonyl (C=O) groups is 2. The predicted octanol–water partition coefficient (Wildman–Crippen LogP) is -2.34. The van der Waals surface area contributed by atoms with Gasteiger partial charge in [-0.3, -0.25) is 9.59 Å². The van der Waals surface area contributed by atoms with Crippen molar-refractivity contribution < 1.29 is 23.1 Å². The summed E-state index contributed by atoms with van der Waals surface area (Å²) in [6.07, 6.45) is -0.164. The van der Waals surface area contributed by atoms with E-state index in [9.17, 15) is 23.1 Å². The van der Waals surface area contributed by atoms with Gasteiger partial charge in [-0.2, -0.15) is 4.31 Å². The molecule has 1 atom stereocenters. The number of sulfonamides is 1. The minimum atomic E-state index is -3.42. The zero-order valence-corrected chi connectivity index (χ0v) is 15.0. The molecule has 9 nitrogen and oxygen atoms in total. The van der Waals surface area contributed by atoms with Crippen molar-refractivity contribution >= 4 is 21.8 Å². The van der Waals surface area contributed by atoms with Crippen LogP contribution >= 0.6 is 0 Å². The third kappa shape index (κ3) is 4.24. The largest absolute Gasteiger partial charge is 0.393 e. The first-order valence-corrected chi connectivity index (χ1v) is 9.66. The first-order chi connectivity index (χ1) is 11.2. The van der Waals surface area contributed by atoms with Crippen molar-refractivity contribution in [2.45, 2.75) is 24.7 Å². The Hall–Kier alpha value is -1.23. The van der Waals surface area contributed by atoms with Gasteiger partial charge in [-0.25, -0.2) is 8.42 Å². The molecular formula is C14H26N4O5S. The Balaban J connectivity index is 1.84. The molecule has 24 heavy (non-hydrogen) atoms. The van der Waals surface area contributed by atoms with E-state index in [4.69, 9.17) is 0 Å². The van der Waals surface area contributed by atoms with Crippen LogP contribution in [-0.4, -0.2) is 104 Å². The Labute approximate surface area is 142 Å². The van der Waals surface area contributed by atoms with Crippen LogP contribution in [0.15, 0.2) is 0 Å². The van der Waals surface area contributed by atoms with Gasteiger partial charge in [0.15, 0.2) is 0 Å². The molecule has 0 spiro atoms. The number of rotatable bonds is 5. The molecule has 10 heteroatoms. The number of piperazine rings is 1. The molecule has 138 valence electrons. The van der Waals surface area contributed by atoms with Gasteiger partial charge in [0.05, 0.1) is 6.10 Å². The summed E-state index contributed by atoms with van der Waals surface area (Å²) < 4.78 is 26.4. The summed E-state index contributed by atoms with van der Waals surface area (Å²) in [4.78, 5) is 26.7. The summed E-state index contributed by atoms with van der Waals surface area (Å²) in [6.45, 7) is 4.13. The molecule has 2 aliphatic heterocycles. The number of carbonyl (C=O) groups excluding carboxylic acids is 2. The van der Waals surface area contributed by atoms with Crippen molar-refractivity contribution in [1.82, 2.24) is 19.4 Å². The highest BCUT2D eigenvalue weighted by Gasteiger charge is 2.44. The maximum Gasteiger partial charge on any atom is 0.312 e. The summed E-state index contributed by atoms with van der Waals surface area (Å²) in [5.74, 6) is -1.36. The lowest BCUT2D eigenvalue weighted by molar-refractivity contribution is -0.153. The van der Waals surface area contributed by atoms with E-state index in [1.54, 1.807) is 6.92 Å². The molecule has 2 amide bonds. The van der Waals surface area contributed by atoms with Crippen LogP contribution in [0.5, 0.6) is 0 Å². The number of nitrogens with zero attached hydrogens (tertiary/aromatic N) is 3. The van der Waals surface area contributed by atoms with Gasteiger partial charge in [-0.1, -0.05) is 0 Å². The number of aliphatic hydroxyl groups excluding tert-OH is 1. The van der Waals surface area contributed by atoms with Crippen molar-refractivity contribution in [3.05, 3.63) is 0 Å². The predicted molar refractivity (Wildman–Crippen MR) is 87.7 cm³/mol.